The maximum Gasteiger partial charge on any atom is 0.262 e. The smallest absolute Gasteiger partial charge is 0.262 e. The normalized spacial score (nSPS) is 19.4. The van der Waals surface area contributed by atoms with E-state index in [1.54, 1.807) is 29.9 Å². The fourth-order valence-electron chi connectivity index (χ4n) is 3.76. The minimum absolute atomic E-state index is 0.0161. The van der Waals surface area contributed by atoms with Crippen LogP contribution in [0.2, 0.25) is 5.02 Å². The van der Waals surface area contributed by atoms with Crippen molar-refractivity contribution < 1.29 is 9.53 Å². The lowest BCUT2D eigenvalue weighted by Crippen LogP contribution is -2.42. The molecule has 1 aromatic carbocycles. The summed E-state index contributed by atoms with van der Waals surface area (Å²) in [6.45, 7) is 3.23. The number of rotatable bonds is 8. The zero-order valence-electron chi connectivity index (χ0n) is 16.9. The lowest BCUT2D eigenvalue weighted by Gasteiger charge is -2.29. The van der Waals surface area contributed by atoms with E-state index in [-0.39, 0.29) is 23.3 Å². The summed E-state index contributed by atoms with van der Waals surface area (Å²) in [4.78, 5) is 30.1. The van der Waals surface area contributed by atoms with Crippen molar-refractivity contribution in [1.82, 2.24) is 14.9 Å². The Morgan fingerprint density at radius 2 is 2.17 bits per heavy atom. The molecule has 0 aliphatic heterocycles. The average Bonchev–Trinajstić information content (AvgIpc) is 2.70. The number of nitrogens with zero attached hydrogens (tertiary/aromatic N) is 2. The summed E-state index contributed by atoms with van der Waals surface area (Å²) >= 11 is 7.37. The van der Waals surface area contributed by atoms with Crippen LogP contribution in [0.15, 0.2) is 28.2 Å². The van der Waals surface area contributed by atoms with Gasteiger partial charge in [0.1, 0.15) is 0 Å². The van der Waals surface area contributed by atoms with Crippen LogP contribution in [0.5, 0.6) is 0 Å². The SMILES string of the molecule is COCCCn1c(SCC(=O)N[C@@H]2CCCC[C@H]2C)nc2cc(Cl)ccc2c1=O. The predicted molar refractivity (Wildman–Crippen MR) is 118 cm³/mol. The van der Waals surface area contributed by atoms with Gasteiger partial charge < -0.3 is 10.1 Å². The van der Waals surface area contributed by atoms with E-state index < -0.39 is 0 Å². The number of fused-ring (bicyclic) bond motifs is 1. The second-order valence-electron chi connectivity index (χ2n) is 7.58. The highest BCUT2D eigenvalue weighted by molar-refractivity contribution is 7.99. The molecule has 3 rings (SSSR count). The van der Waals surface area contributed by atoms with Gasteiger partial charge in [-0.05, 0) is 43.4 Å². The molecule has 0 unspecified atom stereocenters. The molecule has 2 aromatic rings. The molecule has 1 fully saturated rings. The summed E-state index contributed by atoms with van der Waals surface area (Å²) in [5.74, 6) is 0.718. The molecule has 1 aromatic heterocycles. The Kier molecular flexibility index (Phi) is 7.98. The number of nitrogens with one attached hydrogen (secondary N) is 1. The van der Waals surface area contributed by atoms with Crippen LogP contribution in [-0.4, -0.2) is 41.0 Å². The Bertz CT molecular complexity index is 918. The first kappa shape index (κ1) is 22.1. The number of hydrogen-bond donors (Lipinski definition) is 1. The van der Waals surface area contributed by atoms with Crippen molar-refractivity contribution in [2.75, 3.05) is 19.5 Å². The van der Waals surface area contributed by atoms with Gasteiger partial charge in [0.2, 0.25) is 5.91 Å². The molecule has 1 saturated carbocycles. The van der Waals surface area contributed by atoms with Gasteiger partial charge in [0, 0.05) is 31.3 Å². The topological polar surface area (TPSA) is 73.2 Å². The van der Waals surface area contributed by atoms with Crippen molar-refractivity contribution in [1.29, 1.82) is 0 Å². The predicted octanol–water partition coefficient (Wildman–Crippen LogP) is 3.87. The largest absolute Gasteiger partial charge is 0.385 e. The lowest BCUT2D eigenvalue weighted by atomic mass is 9.86. The van der Waals surface area contributed by atoms with Crippen molar-refractivity contribution in [2.24, 2.45) is 5.92 Å². The second kappa shape index (κ2) is 10.5. The van der Waals surface area contributed by atoms with Crippen LogP contribution in [0, 0.1) is 5.92 Å². The van der Waals surface area contributed by atoms with Crippen LogP contribution in [0.3, 0.4) is 0 Å². The quantitative estimate of drug-likeness (QED) is 0.385. The number of thioether (sulfide) groups is 1. The third-order valence-electron chi connectivity index (χ3n) is 5.40. The molecule has 29 heavy (non-hydrogen) atoms. The highest BCUT2D eigenvalue weighted by atomic mass is 35.5. The first-order chi connectivity index (χ1) is 14.0. The Morgan fingerprint density at radius 3 is 2.93 bits per heavy atom. The van der Waals surface area contributed by atoms with E-state index in [0.29, 0.717) is 46.6 Å². The van der Waals surface area contributed by atoms with Crippen molar-refractivity contribution in [2.45, 2.75) is 56.8 Å². The van der Waals surface area contributed by atoms with E-state index in [0.717, 1.165) is 19.3 Å². The number of benzene rings is 1. The summed E-state index contributed by atoms with van der Waals surface area (Å²) in [5, 5.41) is 4.74. The van der Waals surface area contributed by atoms with E-state index in [4.69, 9.17) is 16.3 Å². The highest BCUT2D eigenvalue weighted by Crippen LogP contribution is 2.24. The van der Waals surface area contributed by atoms with Crippen molar-refractivity contribution in [3.63, 3.8) is 0 Å². The molecule has 2 atom stereocenters. The monoisotopic (exact) mass is 437 g/mol. The van der Waals surface area contributed by atoms with Gasteiger partial charge in [-0.1, -0.05) is 43.1 Å². The standard InChI is InChI=1S/C21H28ClN3O3S/c1-14-6-3-4-7-17(14)23-19(26)13-29-21-24-18-12-15(22)8-9-16(18)20(27)25(21)10-5-11-28-2/h8-9,12,14,17H,3-7,10-11,13H2,1-2H3,(H,23,26)/t14-,17-/m1/s1. The first-order valence-corrected chi connectivity index (χ1v) is 11.5. The van der Waals surface area contributed by atoms with E-state index in [9.17, 15) is 9.59 Å². The number of carbonyl (C=O) groups excluding carboxylic acids is 1. The van der Waals surface area contributed by atoms with Crippen molar-refractivity contribution in [3.05, 3.63) is 33.6 Å². The van der Waals surface area contributed by atoms with Crippen LogP contribution >= 0.6 is 23.4 Å². The zero-order valence-corrected chi connectivity index (χ0v) is 18.5. The number of carbonyl (C=O) groups is 1. The molecule has 1 amide bonds. The maximum absolute atomic E-state index is 13.0. The van der Waals surface area contributed by atoms with E-state index in [1.807, 2.05) is 0 Å². The summed E-state index contributed by atoms with van der Waals surface area (Å²) in [6.07, 6.45) is 5.28. The summed E-state index contributed by atoms with van der Waals surface area (Å²) in [5.41, 5.74) is 0.431. The summed E-state index contributed by atoms with van der Waals surface area (Å²) in [7, 11) is 1.63. The number of ether oxygens (including phenoxy) is 1. The molecule has 1 aliphatic rings. The molecule has 8 heteroatoms. The average molecular weight is 438 g/mol. The minimum atomic E-state index is -0.119. The van der Waals surface area contributed by atoms with Crippen LogP contribution in [0.4, 0.5) is 0 Å². The highest BCUT2D eigenvalue weighted by Gasteiger charge is 2.23. The summed E-state index contributed by atoms with van der Waals surface area (Å²) in [6, 6.07) is 5.32. The molecule has 158 valence electrons. The number of amides is 1. The minimum Gasteiger partial charge on any atom is -0.385 e. The first-order valence-electron chi connectivity index (χ1n) is 10.1. The molecule has 0 saturated heterocycles. The van der Waals surface area contributed by atoms with Gasteiger partial charge in [-0.2, -0.15) is 0 Å². The van der Waals surface area contributed by atoms with Gasteiger partial charge in [0.05, 0.1) is 16.7 Å². The van der Waals surface area contributed by atoms with Gasteiger partial charge in [0.15, 0.2) is 5.16 Å². The molecule has 0 bridgehead atoms. The number of halogens is 1. The molecule has 1 N–H and O–H groups in total. The second-order valence-corrected chi connectivity index (χ2v) is 8.96. The van der Waals surface area contributed by atoms with Crippen LogP contribution in [0.25, 0.3) is 10.9 Å². The van der Waals surface area contributed by atoms with Crippen LogP contribution in [-0.2, 0) is 16.1 Å². The Labute approximate surface area is 180 Å². The fourth-order valence-corrected chi connectivity index (χ4v) is 4.76. The third kappa shape index (κ3) is 5.74. The Hall–Kier alpha value is -1.57. The Balaban J connectivity index is 1.77. The van der Waals surface area contributed by atoms with Gasteiger partial charge in [0.25, 0.3) is 5.56 Å². The van der Waals surface area contributed by atoms with E-state index in [1.165, 1.54) is 18.2 Å². The maximum atomic E-state index is 13.0. The van der Waals surface area contributed by atoms with Crippen molar-refractivity contribution >= 4 is 40.2 Å². The molecule has 0 spiro atoms. The Morgan fingerprint density at radius 1 is 1.38 bits per heavy atom. The fraction of sp³-hybridized carbons (Fsp3) is 0.571. The number of aromatic nitrogens is 2. The van der Waals surface area contributed by atoms with E-state index >= 15 is 0 Å². The molecule has 0 radical (unpaired) electrons. The van der Waals surface area contributed by atoms with E-state index in [2.05, 4.69) is 17.2 Å². The number of hydrogen-bond acceptors (Lipinski definition) is 5. The van der Waals surface area contributed by atoms with Gasteiger partial charge in [-0.15, -0.1) is 0 Å². The van der Waals surface area contributed by atoms with Crippen molar-refractivity contribution in [3.8, 4) is 0 Å². The molecule has 1 aliphatic carbocycles. The molecular weight excluding hydrogens is 410 g/mol. The van der Waals surface area contributed by atoms with Gasteiger partial charge in [-0.25, -0.2) is 4.98 Å². The summed E-state index contributed by atoms with van der Waals surface area (Å²) < 4.78 is 6.75. The lowest BCUT2D eigenvalue weighted by molar-refractivity contribution is -0.119. The van der Waals surface area contributed by atoms with Crippen LogP contribution < -0.4 is 10.9 Å². The zero-order chi connectivity index (χ0) is 20.8. The van der Waals surface area contributed by atoms with Gasteiger partial charge in [-0.3, -0.25) is 14.2 Å². The van der Waals surface area contributed by atoms with Gasteiger partial charge >= 0.3 is 0 Å². The molecule has 6 nitrogen and oxygen atoms in total. The molecular formula is C21H28ClN3O3S. The third-order valence-corrected chi connectivity index (χ3v) is 6.61. The number of methoxy groups -OCH3 is 1. The molecule has 1 heterocycles. The van der Waals surface area contributed by atoms with Crippen LogP contribution in [0.1, 0.15) is 39.0 Å².